The van der Waals surface area contributed by atoms with Gasteiger partial charge in [-0.3, -0.25) is 0 Å². The lowest BCUT2D eigenvalue weighted by molar-refractivity contribution is 0.316. The van der Waals surface area contributed by atoms with Crippen LogP contribution in [0.15, 0.2) is 82.9 Å². The third kappa shape index (κ3) is 5.10. The van der Waals surface area contributed by atoms with Gasteiger partial charge in [-0.05, 0) is 98.8 Å². The molecule has 1 nitrogen and oxygen atoms in total. The van der Waals surface area contributed by atoms with Crippen molar-refractivity contribution >= 4 is 32.3 Å². The molecule has 0 radical (unpaired) electrons. The van der Waals surface area contributed by atoms with Crippen molar-refractivity contribution in [1.82, 2.24) is 0 Å². The normalized spacial score (nSPS) is 18.4. The average molecular weight is 556 g/mol. The number of halogens is 1. The van der Waals surface area contributed by atoms with Crippen LogP contribution in [0.2, 0.25) is 0 Å². The summed E-state index contributed by atoms with van der Waals surface area (Å²) >= 11 is 3.69. The van der Waals surface area contributed by atoms with Crippen LogP contribution in [0.4, 0.5) is 0 Å². The van der Waals surface area contributed by atoms with Gasteiger partial charge in [-0.25, -0.2) is 0 Å². The smallest absolute Gasteiger partial charge is 0.134 e. The molecule has 0 N–H and O–H groups in total. The summed E-state index contributed by atoms with van der Waals surface area (Å²) in [6.45, 7) is 12.0. The number of fused-ring (bicyclic) bond motifs is 5. The molecular formula is C35H39BrO. The van der Waals surface area contributed by atoms with E-state index in [2.05, 4.69) is 123 Å². The van der Waals surface area contributed by atoms with Crippen molar-refractivity contribution in [3.05, 3.63) is 105 Å². The van der Waals surface area contributed by atoms with Crippen molar-refractivity contribution in [1.29, 1.82) is 0 Å². The summed E-state index contributed by atoms with van der Waals surface area (Å²) in [7, 11) is 0. The van der Waals surface area contributed by atoms with Crippen LogP contribution >= 0.6 is 15.9 Å². The molecule has 0 amide bonds. The first kappa shape index (κ1) is 26.0. The van der Waals surface area contributed by atoms with Gasteiger partial charge in [-0.1, -0.05) is 101 Å². The summed E-state index contributed by atoms with van der Waals surface area (Å²) in [5.41, 5.74) is 9.35. The zero-order chi connectivity index (χ0) is 26.2. The topological polar surface area (TPSA) is 9.23 Å². The first-order valence-electron chi connectivity index (χ1n) is 13.8. The molecule has 0 heterocycles. The van der Waals surface area contributed by atoms with Gasteiger partial charge in [0.15, 0.2) is 0 Å². The van der Waals surface area contributed by atoms with Gasteiger partial charge >= 0.3 is 0 Å². The predicted molar refractivity (Wildman–Crippen MR) is 163 cm³/mol. The Morgan fingerprint density at radius 3 is 2.24 bits per heavy atom. The molecule has 0 spiro atoms. The molecule has 0 aromatic heterocycles. The van der Waals surface area contributed by atoms with Gasteiger partial charge in [0.1, 0.15) is 5.75 Å². The number of rotatable bonds is 3. The fourth-order valence-corrected chi connectivity index (χ4v) is 6.42. The van der Waals surface area contributed by atoms with Crippen LogP contribution in [-0.4, -0.2) is 6.61 Å². The molecule has 0 fully saturated rings. The SMILES string of the molecule is CC1(C)C=CC(C)(C)c2ccccc21.CCCOc1cc2ccc3c(c2cc1Br)CCC1=C3C=CCC1. The predicted octanol–water partition coefficient (Wildman–Crippen LogP) is 10.3. The Labute approximate surface area is 231 Å². The molecule has 0 saturated heterocycles. The van der Waals surface area contributed by atoms with Gasteiger partial charge in [-0.15, -0.1) is 0 Å². The first-order valence-corrected chi connectivity index (χ1v) is 14.6. The summed E-state index contributed by atoms with van der Waals surface area (Å²) in [6.07, 6.45) is 15.1. The molecule has 0 aliphatic heterocycles. The Balaban J connectivity index is 0.000000171. The molecule has 37 heavy (non-hydrogen) atoms. The van der Waals surface area contributed by atoms with E-state index in [1.807, 2.05) is 0 Å². The molecule has 3 aliphatic carbocycles. The fourth-order valence-electron chi connectivity index (χ4n) is 5.96. The zero-order valence-corrected chi connectivity index (χ0v) is 24.5. The Hall–Kier alpha value is -2.58. The maximum atomic E-state index is 5.86. The second-order valence-electron chi connectivity index (χ2n) is 11.7. The van der Waals surface area contributed by atoms with E-state index in [0.29, 0.717) is 0 Å². The summed E-state index contributed by atoms with van der Waals surface area (Å²) in [4.78, 5) is 0. The van der Waals surface area contributed by atoms with E-state index in [-0.39, 0.29) is 10.8 Å². The van der Waals surface area contributed by atoms with Gasteiger partial charge in [-0.2, -0.15) is 0 Å². The van der Waals surface area contributed by atoms with Gasteiger partial charge < -0.3 is 4.74 Å². The summed E-state index contributed by atoms with van der Waals surface area (Å²) < 4.78 is 6.92. The summed E-state index contributed by atoms with van der Waals surface area (Å²) in [5.74, 6) is 0.951. The van der Waals surface area contributed by atoms with E-state index in [1.54, 1.807) is 5.57 Å². The van der Waals surface area contributed by atoms with E-state index < -0.39 is 0 Å². The third-order valence-corrected chi connectivity index (χ3v) is 8.74. The molecule has 192 valence electrons. The minimum Gasteiger partial charge on any atom is -0.492 e. The third-order valence-electron chi connectivity index (χ3n) is 8.12. The van der Waals surface area contributed by atoms with Crippen molar-refractivity contribution in [2.75, 3.05) is 6.61 Å². The molecule has 6 rings (SSSR count). The van der Waals surface area contributed by atoms with Crippen molar-refractivity contribution in [3.63, 3.8) is 0 Å². The standard InChI is InChI=1S/C21H21BrO.C14H18/c1-2-11-23-21-12-15-8-10-17-16-6-4-3-5-14(16)7-9-18(17)19(15)13-20(21)22;1-13(2)9-10-14(3,4)12-8-6-5-7-11(12)13/h4,6,8,10,12-13H,2-3,5,7,9,11H2,1H3;5-10H,1-4H3. The first-order chi connectivity index (χ1) is 17.7. The average Bonchev–Trinajstić information content (AvgIpc) is 2.90. The monoisotopic (exact) mass is 554 g/mol. The number of benzene rings is 3. The van der Waals surface area contributed by atoms with Crippen LogP contribution in [0.3, 0.4) is 0 Å². The minimum absolute atomic E-state index is 0.187. The Morgan fingerprint density at radius 2 is 1.57 bits per heavy atom. The van der Waals surface area contributed by atoms with Crippen molar-refractivity contribution in [3.8, 4) is 5.75 Å². The minimum atomic E-state index is 0.187. The van der Waals surface area contributed by atoms with Crippen LogP contribution in [-0.2, 0) is 17.3 Å². The Morgan fingerprint density at radius 1 is 0.865 bits per heavy atom. The lowest BCUT2D eigenvalue weighted by Gasteiger charge is -2.36. The van der Waals surface area contributed by atoms with Crippen molar-refractivity contribution in [2.45, 2.75) is 77.6 Å². The Kier molecular flexibility index (Phi) is 7.24. The molecule has 3 aromatic rings. The van der Waals surface area contributed by atoms with E-state index >= 15 is 0 Å². The van der Waals surface area contributed by atoms with Crippen molar-refractivity contribution < 1.29 is 4.74 Å². The van der Waals surface area contributed by atoms with E-state index in [4.69, 9.17) is 4.74 Å². The summed E-state index contributed by atoms with van der Waals surface area (Å²) in [6, 6.07) is 17.7. The van der Waals surface area contributed by atoms with Crippen molar-refractivity contribution in [2.24, 2.45) is 0 Å². The molecule has 3 aromatic carbocycles. The maximum absolute atomic E-state index is 5.86. The molecular weight excluding hydrogens is 516 g/mol. The quantitative estimate of drug-likeness (QED) is 0.292. The van der Waals surface area contributed by atoms with E-state index in [0.717, 1.165) is 29.7 Å². The molecule has 3 aliphatic rings. The van der Waals surface area contributed by atoms with Crippen LogP contribution < -0.4 is 4.74 Å². The number of aryl methyl sites for hydroxylation is 1. The molecule has 2 heteroatoms. The largest absolute Gasteiger partial charge is 0.492 e. The molecule has 0 atom stereocenters. The number of hydrogen-bond donors (Lipinski definition) is 0. The highest BCUT2D eigenvalue weighted by molar-refractivity contribution is 9.10. The Bertz CT molecular complexity index is 1380. The van der Waals surface area contributed by atoms with Crippen LogP contribution in [0, 0.1) is 0 Å². The van der Waals surface area contributed by atoms with E-state index in [9.17, 15) is 0 Å². The second kappa shape index (κ2) is 10.3. The number of allylic oxidation sites excluding steroid dienone is 6. The van der Waals surface area contributed by atoms with Gasteiger partial charge in [0.2, 0.25) is 0 Å². The summed E-state index contributed by atoms with van der Waals surface area (Å²) in [5, 5.41) is 2.64. The maximum Gasteiger partial charge on any atom is 0.134 e. The molecule has 0 bridgehead atoms. The van der Waals surface area contributed by atoms with Gasteiger partial charge in [0, 0.05) is 10.8 Å². The second-order valence-corrected chi connectivity index (χ2v) is 12.6. The zero-order valence-electron chi connectivity index (χ0n) is 23.0. The molecule has 0 saturated carbocycles. The number of hydrogen-bond acceptors (Lipinski definition) is 1. The highest BCUT2D eigenvalue weighted by Gasteiger charge is 2.31. The van der Waals surface area contributed by atoms with E-state index in [1.165, 1.54) is 57.9 Å². The number of ether oxygens (including phenoxy) is 1. The van der Waals surface area contributed by atoms with Gasteiger partial charge in [0.05, 0.1) is 11.1 Å². The fraction of sp³-hybridized carbons (Fsp3) is 0.371. The lowest BCUT2D eigenvalue weighted by atomic mass is 9.68. The van der Waals surface area contributed by atoms with Crippen LogP contribution in [0.5, 0.6) is 5.75 Å². The van der Waals surface area contributed by atoms with Crippen LogP contribution in [0.25, 0.3) is 16.3 Å². The highest BCUT2D eigenvalue weighted by atomic mass is 79.9. The molecule has 0 unspecified atom stereocenters. The van der Waals surface area contributed by atoms with Crippen LogP contribution in [0.1, 0.15) is 82.6 Å². The highest BCUT2D eigenvalue weighted by Crippen LogP contribution is 2.42. The van der Waals surface area contributed by atoms with Gasteiger partial charge in [0.25, 0.3) is 0 Å². The lowest BCUT2D eigenvalue weighted by Crippen LogP contribution is -2.28.